The number of hydrogen-bond donors (Lipinski definition) is 2. The molecule has 1 heterocycles. The van der Waals surface area contributed by atoms with Gasteiger partial charge in [0.1, 0.15) is 0 Å². The molecular formula is C22H18N4O3S2. The predicted octanol–water partition coefficient (Wildman–Crippen LogP) is 4.15. The van der Waals surface area contributed by atoms with Crippen LogP contribution < -0.4 is 10.0 Å². The highest BCUT2D eigenvalue weighted by atomic mass is 32.2. The Hall–Kier alpha value is -3.30. The van der Waals surface area contributed by atoms with E-state index in [1.54, 1.807) is 18.2 Å². The lowest BCUT2D eigenvalue weighted by molar-refractivity contribution is 0.102. The summed E-state index contributed by atoms with van der Waals surface area (Å²) in [5.74, 6) is -0.374. The lowest BCUT2D eigenvalue weighted by atomic mass is 10.0. The first-order valence-electron chi connectivity index (χ1n) is 9.68. The van der Waals surface area contributed by atoms with Gasteiger partial charge in [-0.2, -0.15) is 8.42 Å². The Labute approximate surface area is 183 Å². The molecule has 0 aliphatic heterocycles. The first-order valence-corrected chi connectivity index (χ1v) is 12.0. The molecule has 3 aromatic carbocycles. The van der Waals surface area contributed by atoms with Gasteiger partial charge in [0.2, 0.25) is 5.13 Å². The second-order valence-electron chi connectivity index (χ2n) is 7.41. The normalized spacial score (nSPS) is 12.8. The third-order valence-electron chi connectivity index (χ3n) is 5.29. The van der Waals surface area contributed by atoms with Crippen LogP contribution in [0.1, 0.15) is 27.0 Å². The van der Waals surface area contributed by atoms with Crippen molar-refractivity contribution in [3.05, 3.63) is 76.9 Å². The van der Waals surface area contributed by atoms with Gasteiger partial charge < -0.3 is 0 Å². The zero-order chi connectivity index (χ0) is 21.6. The molecule has 7 nitrogen and oxygen atoms in total. The first-order chi connectivity index (χ1) is 14.9. The van der Waals surface area contributed by atoms with Gasteiger partial charge >= 0.3 is 0 Å². The summed E-state index contributed by atoms with van der Waals surface area (Å²) < 4.78 is 28.3. The molecule has 1 aliphatic rings. The molecule has 1 aliphatic carbocycles. The minimum atomic E-state index is -3.95. The second-order valence-corrected chi connectivity index (χ2v) is 10.2. The Kier molecular flexibility index (Phi) is 4.71. The van der Waals surface area contributed by atoms with Crippen molar-refractivity contribution in [3.8, 4) is 0 Å². The Morgan fingerprint density at radius 3 is 2.48 bits per heavy atom. The van der Waals surface area contributed by atoms with Crippen LogP contribution in [0, 0.1) is 6.92 Å². The zero-order valence-corrected chi connectivity index (χ0v) is 18.2. The minimum absolute atomic E-state index is 0.117. The van der Waals surface area contributed by atoms with Crippen LogP contribution >= 0.6 is 11.3 Å². The van der Waals surface area contributed by atoms with Crippen LogP contribution in [0.25, 0.3) is 10.8 Å². The molecule has 0 bridgehead atoms. The van der Waals surface area contributed by atoms with Gasteiger partial charge in [-0.05, 0) is 54.5 Å². The molecule has 2 N–H and O–H groups in total. The monoisotopic (exact) mass is 450 g/mol. The van der Waals surface area contributed by atoms with E-state index in [-0.39, 0.29) is 15.4 Å². The summed E-state index contributed by atoms with van der Waals surface area (Å²) in [6, 6.07) is 16.7. The fourth-order valence-electron chi connectivity index (χ4n) is 3.77. The summed E-state index contributed by atoms with van der Waals surface area (Å²) in [5, 5.41) is 12.3. The van der Waals surface area contributed by atoms with Gasteiger partial charge in [0.15, 0.2) is 0 Å². The molecule has 0 radical (unpaired) electrons. The largest absolute Gasteiger partial charge is 0.296 e. The van der Waals surface area contributed by atoms with Crippen molar-refractivity contribution in [3.63, 3.8) is 0 Å². The number of anilines is 2. The number of carbonyl (C=O) groups is 1. The van der Waals surface area contributed by atoms with E-state index < -0.39 is 10.0 Å². The Morgan fingerprint density at radius 2 is 1.71 bits per heavy atom. The van der Waals surface area contributed by atoms with E-state index in [1.807, 2.05) is 37.3 Å². The van der Waals surface area contributed by atoms with Crippen molar-refractivity contribution >= 4 is 48.9 Å². The number of hydrogen-bond acceptors (Lipinski definition) is 6. The van der Waals surface area contributed by atoms with E-state index in [2.05, 4.69) is 26.3 Å². The highest BCUT2D eigenvalue weighted by Gasteiger charge is 2.24. The fourth-order valence-corrected chi connectivity index (χ4v) is 5.74. The Balaban J connectivity index is 1.39. The lowest BCUT2D eigenvalue weighted by Crippen LogP contribution is -2.13. The van der Waals surface area contributed by atoms with Gasteiger partial charge in [0.25, 0.3) is 20.3 Å². The maximum Gasteiger partial charge on any atom is 0.291 e. The number of aryl methyl sites for hydroxylation is 3. The number of rotatable bonds is 5. The second kappa shape index (κ2) is 7.44. The molecule has 0 saturated heterocycles. The van der Waals surface area contributed by atoms with E-state index in [1.165, 1.54) is 11.1 Å². The molecule has 0 saturated carbocycles. The topological polar surface area (TPSA) is 101 Å². The first kappa shape index (κ1) is 19.7. The van der Waals surface area contributed by atoms with Crippen LogP contribution in [-0.4, -0.2) is 24.5 Å². The molecule has 5 rings (SSSR count). The average molecular weight is 451 g/mol. The number of sulfonamides is 1. The van der Waals surface area contributed by atoms with Crippen LogP contribution in [0.2, 0.25) is 0 Å². The maximum absolute atomic E-state index is 12.9. The van der Waals surface area contributed by atoms with Crippen molar-refractivity contribution in [2.75, 3.05) is 10.0 Å². The molecule has 156 valence electrons. The highest BCUT2D eigenvalue weighted by molar-refractivity contribution is 7.94. The third kappa shape index (κ3) is 3.66. The van der Waals surface area contributed by atoms with Gasteiger partial charge in [-0.1, -0.05) is 53.3 Å². The fraction of sp³-hybridized carbons (Fsp3) is 0.136. The molecule has 0 fully saturated rings. The van der Waals surface area contributed by atoms with E-state index >= 15 is 0 Å². The Morgan fingerprint density at radius 1 is 0.968 bits per heavy atom. The van der Waals surface area contributed by atoms with E-state index in [0.717, 1.165) is 40.5 Å². The number of nitrogens with zero attached hydrogens (tertiary/aromatic N) is 2. The summed E-state index contributed by atoms with van der Waals surface area (Å²) in [5.41, 5.74) is 4.45. The van der Waals surface area contributed by atoms with Crippen molar-refractivity contribution in [2.45, 2.75) is 24.1 Å². The van der Waals surface area contributed by atoms with Crippen LogP contribution in [0.3, 0.4) is 0 Å². The van der Waals surface area contributed by atoms with Crippen LogP contribution in [0.15, 0.2) is 58.9 Å². The van der Waals surface area contributed by atoms with Gasteiger partial charge in [0, 0.05) is 10.9 Å². The third-order valence-corrected chi connectivity index (χ3v) is 7.86. The molecule has 0 unspecified atom stereocenters. The summed E-state index contributed by atoms with van der Waals surface area (Å²) in [7, 11) is -3.95. The number of amides is 1. The zero-order valence-electron chi connectivity index (χ0n) is 16.5. The number of carbonyl (C=O) groups excluding carboxylic acids is 1. The molecule has 1 aromatic heterocycles. The quantitative estimate of drug-likeness (QED) is 0.445. The van der Waals surface area contributed by atoms with Crippen molar-refractivity contribution in [1.29, 1.82) is 0 Å². The van der Waals surface area contributed by atoms with E-state index in [0.29, 0.717) is 11.3 Å². The maximum atomic E-state index is 12.9. The summed E-state index contributed by atoms with van der Waals surface area (Å²) in [4.78, 5) is 12.4. The van der Waals surface area contributed by atoms with Crippen LogP contribution in [0.5, 0.6) is 0 Å². The van der Waals surface area contributed by atoms with Crippen molar-refractivity contribution < 1.29 is 13.2 Å². The molecule has 0 atom stereocenters. The summed E-state index contributed by atoms with van der Waals surface area (Å²) >= 11 is 0.805. The smallest absolute Gasteiger partial charge is 0.291 e. The molecular weight excluding hydrogens is 432 g/mol. The standard InChI is InChI=1S/C22H18N4O3S2/c1-13-5-7-16(8-6-13)20(27)23-21-24-25-22(30-21)31(28,29)26-18-12-11-15-10-9-14-3-2-4-17(18)19(14)15/h2-8,11-12,26H,9-10H2,1H3,(H,23,24,27). The predicted molar refractivity (Wildman–Crippen MR) is 121 cm³/mol. The average Bonchev–Trinajstić information content (AvgIpc) is 3.39. The lowest BCUT2D eigenvalue weighted by Gasteiger charge is -2.10. The number of aromatic nitrogens is 2. The molecule has 9 heteroatoms. The van der Waals surface area contributed by atoms with Gasteiger partial charge in [-0.25, -0.2) is 0 Å². The van der Waals surface area contributed by atoms with Crippen molar-refractivity contribution in [2.24, 2.45) is 0 Å². The molecule has 1 amide bonds. The number of benzene rings is 3. The van der Waals surface area contributed by atoms with E-state index in [4.69, 9.17) is 0 Å². The Bertz CT molecular complexity index is 1420. The molecule has 4 aromatic rings. The van der Waals surface area contributed by atoms with Gasteiger partial charge in [0.05, 0.1) is 5.69 Å². The highest BCUT2D eigenvalue weighted by Crippen LogP contribution is 2.36. The minimum Gasteiger partial charge on any atom is -0.296 e. The van der Waals surface area contributed by atoms with Gasteiger partial charge in [-0.15, -0.1) is 10.2 Å². The number of nitrogens with one attached hydrogen (secondary N) is 2. The van der Waals surface area contributed by atoms with E-state index in [9.17, 15) is 13.2 Å². The van der Waals surface area contributed by atoms with Crippen molar-refractivity contribution in [1.82, 2.24) is 10.2 Å². The van der Waals surface area contributed by atoms with Crippen LogP contribution in [-0.2, 0) is 22.9 Å². The SMILES string of the molecule is Cc1ccc(C(=O)Nc2nnc(S(=O)(=O)Nc3ccc4c5c(cccc35)CC4)s2)cc1. The summed E-state index contributed by atoms with van der Waals surface area (Å²) in [6.07, 6.45) is 1.92. The molecule has 31 heavy (non-hydrogen) atoms. The molecule has 0 spiro atoms. The summed E-state index contributed by atoms with van der Waals surface area (Å²) in [6.45, 7) is 1.93. The van der Waals surface area contributed by atoms with Crippen LogP contribution in [0.4, 0.5) is 10.8 Å². The van der Waals surface area contributed by atoms with Gasteiger partial charge in [-0.3, -0.25) is 14.8 Å².